The third-order valence-electron chi connectivity index (χ3n) is 3.30. The minimum absolute atomic E-state index is 0.0473. The Balaban J connectivity index is 1.92. The van der Waals surface area contributed by atoms with Gasteiger partial charge in [0, 0.05) is 32.3 Å². The van der Waals surface area contributed by atoms with Gasteiger partial charge in [0.25, 0.3) is 0 Å². The van der Waals surface area contributed by atoms with E-state index in [0.717, 1.165) is 31.6 Å². The van der Waals surface area contributed by atoms with Crippen molar-refractivity contribution in [3.63, 3.8) is 0 Å². The summed E-state index contributed by atoms with van der Waals surface area (Å²) in [4.78, 5) is 13.6. The largest absolute Gasteiger partial charge is 0.341 e. The molecule has 0 unspecified atom stereocenters. The monoisotopic (exact) mass is 255 g/mol. The standard InChI is InChI=1S/C12H18ClN3O/c1-9(13)12(17)16-7-3-10(4-8-16)11-5-6-15(2)14-11/h5-6,9-10H,3-4,7-8H2,1-2H3/t9-/m0/s1. The van der Waals surface area contributed by atoms with Crippen LogP contribution in [0.3, 0.4) is 0 Å². The van der Waals surface area contributed by atoms with Gasteiger partial charge in [-0.1, -0.05) is 0 Å². The molecule has 2 rings (SSSR count). The summed E-state index contributed by atoms with van der Waals surface area (Å²) in [6.45, 7) is 3.31. The van der Waals surface area contributed by atoms with Crippen LogP contribution < -0.4 is 0 Å². The van der Waals surface area contributed by atoms with E-state index in [1.54, 1.807) is 6.92 Å². The molecule has 1 atom stereocenters. The Morgan fingerprint density at radius 3 is 2.65 bits per heavy atom. The Labute approximate surface area is 107 Å². The fourth-order valence-corrected chi connectivity index (χ4v) is 2.44. The van der Waals surface area contributed by atoms with Crippen LogP contribution in [0.15, 0.2) is 12.3 Å². The second-order valence-electron chi connectivity index (χ2n) is 4.63. The number of carbonyl (C=O) groups excluding carboxylic acids is 1. The molecule has 0 radical (unpaired) electrons. The molecule has 1 aromatic heterocycles. The number of carbonyl (C=O) groups is 1. The highest BCUT2D eigenvalue weighted by molar-refractivity contribution is 6.30. The van der Waals surface area contributed by atoms with Gasteiger partial charge in [0.2, 0.25) is 5.91 Å². The first-order valence-electron chi connectivity index (χ1n) is 6.00. The Morgan fingerprint density at radius 1 is 1.53 bits per heavy atom. The molecule has 17 heavy (non-hydrogen) atoms. The van der Waals surface area contributed by atoms with Crippen LogP contribution in [0.2, 0.25) is 0 Å². The van der Waals surface area contributed by atoms with E-state index in [2.05, 4.69) is 11.2 Å². The van der Waals surface area contributed by atoms with Crippen molar-refractivity contribution in [2.45, 2.75) is 31.1 Å². The zero-order valence-corrected chi connectivity index (χ0v) is 11.0. The normalized spacial score (nSPS) is 19.4. The van der Waals surface area contributed by atoms with Crippen molar-refractivity contribution in [3.05, 3.63) is 18.0 Å². The Morgan fingerprint density at radius 2 is 2.18 bits per heavy atom. The number of amides is 1. The third-order valence-corrected chi connectivity index (χ3v) is 3.49. The molecule has 0 saturated carbocycles. The molecule has 1 saturated heterocycles. The lowest BCUT2D eigenvalue weighted by Crippen LogP contribution is -2.41. The Kier molecular flexibility index (Phi) is 3.72. The molecular formula is C12H18ClN3O. The number of nitrogens with zero attached hydrogens (tertiary/aromatic N) is 3. The molecule has 4 nitrogen and oxygen atoms in total. The maximum absolute atomic E-state index is 11.7. The summed E-state index contributed by atoms with van der Waals surface area (Å²) in [5.74, 6) is 0.525. The van der Waals surface area contributed by atoms with E-state index in [1.807, 2.05) is 22.8 Å². The number of likely N-dealkylation sites (tertiary alicyclic amines) is 1. The lowest BCUT2D eigenvalue weighted by Gasteiger charge is -2.32. The quantitative estimate of drug-likeness (QED) is 0.756. The Bertz CT molecular complexity index is 394. The number of rotatable bonds is 2. The van der Waals surface area contributed by atoms with E-state index < -0.39 is 5.38 Å². The van der Waals surface area contributed by atoms with Crippen molar-refractivity contribution in [3.8, 4) is 0 Å². The van der Waals surface area contributed by atoms with Crippen molar-refractivity contribution in [2.24, 2.45) is 7.05 Å². The highest BCUT2D eigenvalue weighted by atomic mass is 35.5. The van der Waals surface area contributed by atoms with E-state index >= 15 is 0 Å². The number of aryl methyl sites for hydroxylation is 1. The van der Waals surface area contributed by atoms with Gasteiger partial charge in [0.05, 0.1) is 5.69 Å². The van der Waals surface area contributed by atoms with Gasteiger partial charge < -0.3 is 4.90 Å². The number of aromatic nitrogens is 2. The summed E-state index contributed by atoms with van der Waals surface area (Å²) in [6, 6.07) is 2.06. The smallest absolute Gasteiger partial charge is 0.240 e. The van der Waals surface area contributed by atoms with Crippen LogP contribution >= 0.6 is 11.6 Å². The number of alkyl halides is 1. The topological polar surface area (TPSA) is 38.1 Å². The van der Waals surface area contributed by atoms with Gasteiger partial charge >= 0.3 is 0 Å². The van der Waals surface area contributed by atoms with E-state index in [4.69, 9.17) is 11.6 Å². The zero-order chi connectivity index (χ0) is 12.4. The van der Waals surface area contributed by atoms with E-state index in [0.29, 0.717) is 5.92 Å². The van der Waals surface area contributed by atoms with Crippen molar-refractivity contribution in [2.75, 3.05) is 13.1 Å². The van der Waals surface area contributed by atoms with Crippen molar-refractivity contribution < 1.29 is 4.79 Å². The molecule has 1 aromatic rings. The fraction of sp³-hybridized carbons (Fsp3) is 0.667. The van der Waals surface area contributed by atoms with E-state index in [-0.39, 0.29) is 5.91 Å². The first-order chi connectivity index (χ1) is 8.08. The highest BCUT2D eigenvalue weighted by Gasteiger charge is 2.26. The summed E-state index contributed by atoms with van der Waals surface area (Å²) in [5, 5.41) is 4.01. The summed E-state index contributed by atoms with van der Waals surface area (Å²) in [5.41, 5.74) is 1.14. The lowest BCUT2D eigenvalue weighted by atomic mass is 9.93. The van der Waals surface area contributed by atoms with Gasteiger partial charge in [0.1, 0.15) is 5.38 Å². The lowest BCUT2D eigenvalue weighted by molar-refractivity contribution is -0.131. The van der Waals surface area contributed by atoms with Crippen LogP contribution in [-0.4, -0.2) is 39.1 Å². The predicted molar refractivity (Wildman–Crippen MR) is 67.1 cm³/mol. The van der Waals surface area contributed by atoms with Crippen LogP contribution in [0.1, 0.15) is 31.4 Å². The predicted octanol–water partition coefficient (Wildman–Crippen LogP) is 1.75. The van der Waals surface area contributed by atoms with Gasteiger partial charge in [-0.3, -0.25) is 9.48 Å². The summed E-state index contributed by atoms with van der Waals surface area (Å²) >= 11 is 5.81. The van der Waals surface area contributed by atoms with Crippen molar-refractivity contribution >= 4 is 17.5 Å². The molecule has 5 heteroatoms. The minimum Gasteiger partial charge on any atom is -0.341 e. The molecule has 1 aliphatic heterocycles. The summed E-state index contributed by atoms with van der Waals surface area (Å²) in [7, 11) is 1.93. The molecule has 1 amide bonds. The molecule has 0 aliphatic carbocycles. The van der Waals surface area contributed by atoms with Gasteiger partial charge in [-0.05, 0) is 25.8 Å². The first kappa shape index (κ1) is 12.4. The average Bonchev–Trinajstić information content (AvgIpc) is 2.75. The SMILES string of the molecule is C[C@H](Cl)C(=O)N1CCC(c2ccn(C)n2)CC1. The van der Waals surface area contributed by atoms with Gasteiger partial charge in [0.15, 0.2) is 0 Å². The first-order valence-corrected chi connectivity index (χ1v) is 6.44. The zero-order valence-electron chi connectivity index (χ0n) is 10.3. The molecule has 2 heterocycles. The van der Waals surface area contributed by atoms with Crippen LogP contribution in [0, 0.1) is 0 Å². The molecule has 1 fully saturated rings. The number of piperidine rings is 1. The molecule has 0 aromatic carbocycles. The number of halogens is 1. The summed E-state index contributed by atoms with van der Waals surface area (Å²) in [6.07, 6.45) is 3.92. The van der Waals surface area contributed by atoms with Crippen LogP contribution in [0.25, 0.3) is 0 Å². The highest BCUT2D eigenvalue weighted by Crippen LogP contribution is 2.27. The van der Waals surface area contributed by atoms with Crippen LogP contribution in [0.5, 0.6) is 0 Å². The maximum Gasteiger partial charge on any atom is 0.240 e. The van der Waals surface area contributed by atoms with E-state index in [1.165, 1.54) is 0 Å². The van der Waals surface area contributed by atoms with E-state index in [9.17, 15) is 4.79 Å². The molecular weight excluding hydrogens is 238 g/mol. The van der Waals surface area contributed by atoms with Gasteiger partial charge in [-0.25, -0.2) is 0 Å². The summed E-state index contributed by atoms with van der Waals surface area (Å²) < 4.78 is 1.83. The number of hydrogen-bond acceptors (Lipinski definition) is 2. The van der Waals surface area contributed by atoms with Crippen molar-refractivity contribution in [1.82, 2.24) is 14.7 Å². The van der Waals surface area contributed by atoms with Crippen LogP contribution in [-0.2, 0) is 11.8 Å². The molecule has 0 spiro atoms. The Hall–Kier alpha value is -1.03. The molecule has 0 N–H and O–H groups in total. The van der Waals surface area contributed by atoms with Gasteiger partial charge in [-0.15, -0.1) is 11.6 Å². The second kappa shape index (κ2) is 5.08. The van der Waals surface area contributed by atoms with Crippen LogP contribution in [0.4, 0.5) is 0 Å². The molecule has 1 aliphatic rings. The molecule has 0 bridgehead atoms. The van der Waals surface area contributed by atoms with Crippen molar-refractivity contribution in [1.29, 1.82) is 0 Å². The third kappa shape index (κ3) is 2.80. The average molecular weight is 256 g/mol. The number of hydrogen-bond donors (Lipinski definition) is 0. The maximum atomic E-state index is 11.7. The van der Waals surface area contributed by atoms with Gasteiger partial charge in [-0.2, -0.15) is 5.10 Å². The fourth-order valence-electron chi connectivity index (χ4n) is 2.30. The second-order valence-corrected chi connectivity index (χ2v) is 5.28. The molecule has 94 valence electrons. The minimum atomic E-state index is -0.415.